The summed E-state index contributed by atoms with van der Waals surface area (Å²) in [7, 11) is -1.30. The Morgan fingerprint density at radius 2 is 1.66 bits per heavy atom. The van der Waals surface area contributed by atoms with Gasteiger partial charge in [0.15, 0.2) is 11.5 Å². The van der Waals surface area contributed by atoms with Gasteiger partial charge in [-0.3, -0.25) is 9.10 Å². The molecular weight excluding hydrogens is 473 g/mol. The van der Waals surface area contributed by atoms with Crippen LogP contribution in [0, 0.1) is 5.82 Å². The van der Waals surface area contributed by atoms with E-state index in [9.17, 15) is 17.6 Å². The first kappa shape index (κ1) is 26.7. The van der Waals surface area contributed by atoms with E-state index in [0.717, 1.165) is 42.5 Å². The quantitative estimate of drug-likeness (QED) is 0.469. The Kier molecular flexibility index (Phi) is 9.73. The molecule has 35 heavy (non-hydrogen) atoms. The van der Waals surface area contributed by atoms with E-state index < -0.39 is 28.3 Å². The molecule has 2 aromatic carbocycles. The van der Waals surface area contributed by atoms with Gasteiger partial charge >= 0.3 is 0 Å². The summed E-state index contributed by atoms with van der Waals surface area (Å²) < 4.78 is 52.0. The van der Waals surface area contributed by atoms with Crippen LogP contribution < -0.4 is 19.1 Å². The number of methoxy groups -OCH3 is 2. The van der Waals surface area contributed by atoms with E-state index in [1.54, 1.807) is 0 Å². The Labute approximate surface area is 207 Å². The predicted octanol–water partition coefficient (Wildman–Crippen LogP) is 3.42. The van der Waals surface area contributed by atoms with Gasteiger partial charge in [0.05, 0.1) is 24.8 Å². The van der Waals surface area contributed by atoms with E-state index in [2.05, 4.69) is 10.2 Å². The Bertz CT molecular complexity index is 1070. The molecule has 0 bridgehead atoms. The number of carbonyl (C=O) groups excluding carboxylic acids is 1. The minimum atomic E-state index is -4.17. The number of hydrogen-bond acceptors (Lipinski definition) is 6. The topological polar surface area (TPSA) is 88.2 Å². The molecular formula is C25H34FN3O5S. The lowest BCUT2D eigenvalue weighted by molar-refractivity contribution is -0.119. The molecule has 10 heteroatoms. The lowest BCUT2D eigenvalue weighted by atomic mass is 10.2. The fraction of sp³-hybridized carbons (Fsp3) is 0.480. The van der Waals surface area contributed by atoms with Crippen molar-refractivity contribution < 1.29 is 27.1 Å². The predicted molar refractivity (Wildman–Crippen MR) is 133 cm³/mol. The van der Waals surface area contributed by atoms with Crippen molar-refractivity contribution in [1.29, 1.82) is 0 Å². The molecule has 192 valence electrons. The molecule has 0 atom stereocenters. The maximum atomic E-state index is 13.5. The van der Waals surface area contributed by atoms with Gasteiger partial charge in [-0.05, 0) is 75.3 Å². The van der Waals surface area contributed by atoms with Gasteiger partial charge in [-0.25, -0.2) is 12.8 Å². The van der Waals surface area contributed by atoms with E-state index in [4.69, 9.17) is 9.47 Å². The number of ether oxygens (including phenoxy) is 2. The number of halogens is 1. The molecule has 3 rings (SSSR count). The number of amides is 1. The molecule has 2 aromatic rings. The molecule has 0 spiro atoms. The lowest BCUT2D eigenvalue weighted by Gasteiger charge is -2.25. The zero-order chi connectivity index (χ0) is 25.3. The number of anilines is 1. The highest BCUT2D eigenvalue weighted by Gasteiger charge is 2.28. The van der Waals surface area contributed by atoms with Gasteiger partial charge < -0.3 is 19.7 Å². The highest BCUT2D eigenvalue weighted by atomic mass is 32.2. The van der Waals surface area contributed by atoms with E-state index in [-0.39, 0.29) is 16.3 Å². The van der Waals surface area contributed by atoms with Crippen molar-refractivity contribution in [1.82, 2.24) is 10.2 Å². The molecule has 0 saturated carbocycles. The number of carbonyl (C=O) groups is 1. The summed E-state index contributed by atoms with van der Waals surface area (Å²) in [5, 5.41) is 2.82. The zero-order valence-electron chi connectivity index (χ0n) is 20.3. The van der Waals surface area contributed by atoms with Gasteiger partial charge in [-0.2, -0.15) is 0 Å². The van der Waals surface area contributed by atoms with Crippen LogP contribution in [0.5, 0.6) is 11.5 Å². The maximum absolute atomic E-state index is 13.5. The van der Waals surface area contributed by atoms with E-state index in [0.29, 0.717) is 12.3 Å². The maximum Gasteiger partial charge on any atom is 0.264 e. The molecule has 0 aliphatic carbocycles. The van der Waals surface area contributed by atoms with Crippen LogP contribution in [-0.2, 0) is 14.8 Å². The molecule has 0 radical (unpaired) electrons. The average molecular weight is 508 g/mol. The Morgan fingerprint density at radius 1 is 1.00 bits per heavy atom. The molecule has 1 heterocycles. The summed E-state index contributed by atoms with van der Waals surface area (Å²) >= 11 is 0. The summed E-state index contributed by atoms with van der Waals surface area (Å²) in [5.74, 6) is -0.322. The number of benzene rings is 2. The number of nitrogens with one attached hydrogen (secondary N) is 1. The first-order valence-corrected chi connectivity index (χ1v) is 13.3. The van der Waals surface area contributed by atoms with E-state index in [1.807, 2.05) is 0 Å². The Hall–Kier alpha value is -2.85. The number of nitrogens with zero attached hydrogens (tertiary/aromatic N) is 2. The normalized spacial score (nSPS) is 14.7. The molecule has 1 aliphatic heterocycles. The summed E-state index contributed by atoms with van der Waals surface area (Å²) in [6.45, 7) is 3.06. The monoisotopic (exact) mass is 507 g/mol. The molecule has 1 N–H and O–H groups in total. The zero-order valence-corrected chi connectivity index (χ0v) is 21.2. The van der Waals surface area contributed by atoms with Gasteiger partial charge in [0.25, 0.3) is 10.0 Å². The van der Waals surface area contributed by atoms with Crippen LogP contribution >= 0.6 is 0 Å². The molecule has 1 amide bonds. The molecule has 1 saturated heterocycles. The third-order valence-corrected chi connectivity index (χ3v) is 7.79. The number of rotatable bonds is 11. The second-order valence-electron chi connectivity index (χ2n) is 8.46. The van der Waals surface area contributed by atoms with Crippen LogP contribution in [0.3, 0.4) is 0 Å². The smallest absolute Gasteiger partial charge is 0.264 e. The molecule has 0 aromatic heterocycles. The number of likely N-dealkylation sites (tertiary alicyclic amines) is 1. The molecule has 8 nitrogen and oxygen atoms in total. The lowest BCUT2D eigenvalue weighted by Crippen LogP contribution is -2.41. The standard InChI is InChI=1S/C25H34FN3O5S/c1-33-23-13-12-22(18-24(23)34-2)35(31,32)29(21-10-8-20(26)9-11-21)19-25(30)27-14-7-17-28-15-5-3-4-6-16-28/h8-13,18H,3-7,14-17,19H2,1-2H3,(H,27,30). The fourth-order valence-corrected chi connectivity index (χ4v) is 5.54. The summed E-state index contributed by atoms with van der Waals surface area (Å²) in [6, 6.07) is 9.19. The third-order valence-electron chi connectivity index (χ3n) is 6.02. The van der Waals surface area contributed by atoms with Gasteiger partial charge in [0, 0.05) is 12.6 Å². The minimum Gasteiger partial charge on any atom is -0.493 e. The number of hydrogen-bond donors (Lipinski definition) is 1. The highest BCUT2D eigenvalue weighted by molar-refractivity contribution is 7.92. The first-order chi connectivity index (χ1) is 16.8. The average Bonchev–Trinajstić information content (AvgIpc) is 3.14. The van der Waals surface area contributed by atoms with Crippen molar-refractivity contribution in [2.75, 3.05) is 51.2 Å². The van der Waals surface area contributed by atoms with Gasteiger partial charge in [0.2, 0.25) is 5.91 Å². The van der Waals surface area contributed by atoms with Crippen molar-refractivity contribution in [3.8, 4) is 11.5 Å². The Morgan fingerprint density at radius 3 is 2.29 bits per heavy atom. The van der Waals surface area contributed by atoms with Crippen LogP contribution in [0.15, 0.2) is 47.4 Å². The first-order valence-electron chi connectivity index (χ1n) is 11.8. The minimum absolute atomic E-state index is 0.0755. The van der Waals surface area contributed by atoms with Gasteiger partial charge in [0.1, 0.15) is 12.4 Å². The third kappa shape index (κ3) is 7.32. The van der Waals surface area contributed by atoms with Crippen LogP contribution in [0.25, 0.3) is 0 Å². The number of sulfonamides is 1. The van der Waals surface area contributed by atoms with Crippen LogP contribution in [0.1, 0.15) is 32.1 Å². The summed E-state index contributed by atoms with van der Waals surface area (Å²) in [5.41, 5.74) is 0.181. The second-order valence-corrected chi connectivity index (χ2v) is 10.3. The SMILES string of the molecule is COc1ccc(S(=O)(=O)N(CC(=O)NCCCN2CCCCCC2)c2ccc(F)cc2)cc1OC. The summed E-state index contributed by atoms with van der Waals surface area (Å²) in [6.07, 6.45) is 5.71. The van der Waals surface area contributed by atoms with Crippen molar-refractivity contribution in [3.63, 3.8) is 0 Å². The van der Waals surface area contributed by atoms with E-state index >= 15 is 0 Å². The van der Waals surface area contributed by atoms with Crippen molar-refractivity contribution in [3.05, 3.63) is 48.3 Å². The Balaban J connectivity index is 1.72. The largest absolute Gasteiger partial charge is 0.493 e. The van der Waals surface area contributed by atoms with Crippen LogP contribution in [0.2, 0.25) is 0 Å². The van der Waals surface area contributed by atoms with Crippen molar-refractivity contribution in [2.45, 2.75) is 37.0 Å². The second kappa shape index (κ2) is 12.7. The van der Waals surface area contributed by atoms with Crippen molar-refractivity contribution >= 4 is 21.6 Å². The molecule has 1 fully saturated rings. The van der Waals surface area contributed by atoms with E-state index in [1.165, 1.54) is 70.2 Å². The molecule has 1 aliphatic rings. The molecule has 0 unspecified atom stereocenters. The van der Waals surface area contributed by atoms with Crippen molar-refractivity contribution in [2.24, 2.45) is 0 Å². The summed E-state index contributed by atoms with van der Waals surface area (Å²) in [4.78, 5) is 15.1. The van der Waals surface area contributed by atoms with Gasteiger partial charge in [-0.15, -0.1) is 0 Å². The highest BCUT2D eigenvalue weighted by Crippen LogP contribution is 2.32. The van der Waals surface area contributed by atoms with Crippen LogP contribution in [-0.4, -0.2) is 66.2 Å². The van der Waals surface area contributed by atoms with Crippen LogP contribution in [0.4, 0.5) is 10.1 Å². The fourth-order valence-electron chi connectivity index (χ4n) is 4.10. The van der Waals surface area contributed by atoms with Gasteiger partial charge in [-0.1, -0.05) is 12.8 Å².